The summed E-state index contributed by atoms with van der Waals surface area (Å²) in [6, 6.07) is 0. The molecule has 0 saturated carbocycles. The highest BCUT2D eigenvalue weighted by molar-refractivity contribution is 14.2. The van der Waals surface area contributed by atoms with Crippen molar-refractivity contribution in [2.24, 2.45) is 0 Å². The van der Waals surface area contributed by atoms with Gasteiger partial charge in [0.15, 0.2) is 0 Å². The summed E-state index contributed by atoms with van der Waals surface area (Å²) >= 11 is 2.61. The third-order valence-electron chi connectivity index (χ3n) is 1.14. The van der Waals surface area contributed by atoms with Crippen LogP contribution in [0.4, 0.5) is 0 Å². The summed E-state index contributed by atoms with van der Waals surface area (Å²) in [4.78, 5) is 0. The summed E-state index contributed by atoms with van der Waals surface area (Å²) in [6.45, 7) is 0. The second-order valence-corrected chi connectivity index (χ2v) is 11.4. The van der Waals surface area contributed by atoms with Gasteiger partial charge in [0.25, 0.3) is 0 Å². The lowest BCUT2D eigenvalue weighted by atomic mass is 10.5. The van der Waals surface area contributed by atoms with Gasteiger partial charge >= 0.3 is 0 Å². The van der Waals surface area contributed by atoms with E-state index < -0.39 is 0 Å². The molecule has 38 valence electrons. The highest BCUT2D eigenvalue weighted by Gasteiger charge is 2.21. The Bertz CT molecular complexity index is 54.6. The van der Waals surface area contributed by atoms with Gasteiger partial charge in [0.2, 0.25) is 0 Å². The summed E-state index contributed by atoms with van der Waals surface area (Å²) < 4.78 is 0. The average molecular weight is 216 g/mol. The van der Waals surface area contributed by atoms with Crippen LogP contribution in [0.3, 0.4) is 0 Å². The zero-order chi connectivity index (χ0) is 4.62. The monoisotopic (exact) mass is 216 g/mol. The van der Waals surface area contributed by atoms with E-state index in [1.807, 2.05) is 0 Å². The molecule has 0 bridgehead atoms. The van der Waals surface area contributed by atoms with Crippen molar-refractivity contribution >= 4 is 28.4 Å². The Morgan fingerprint density at radius 1 is 1.50 bits per heavy atom. The van der Waals surface area contributed by atoms with E-state index in [2.05, 4.69) is 27.5 Å². The predicted molar refractivity (Wildman–Crippen MR) is 41.9 cm³/mol. The second-order valence-electron chi connectivity index (χ2n) is 1.92. The molecular weight excluding hydrogens is 207 g/mol. The van der Waals surface area contributed by atoms with Crippen molar-refractivity contribution in [3.8, 4) is 0 Å². The van der Waals surface area contributed by atoms with E-state index in [9.17, 15) is 0 Å². The van der Waals surface area contributed by atoms with Gasteiger partial charge in [-0.15, -0.1) is 0 Å². The van der Waals surface area contributed by atoms with Gasteiger partial charge in [0, 0.05) is 0 Å². The molecule has 0 aromatic carbocycles. The SMILES string of the molecule is CS1(I)CCC1. The van der Waals surface area contributed by atoms with E-state index in [1.54, 1.807) is 0 Å². The Hall–Kier alpha value is 1.08. The lowest BCUT2D eigenvalue weighted by molar-refractivity contribution is 1.04. The van der Waals surface area contributed by atoms with Crippen molar-refractivity contribution in [2.45, 2.75) is 6.42 Å². The lowest BCUT2D eigenvalue weighted by Gasteiger charge is -2.37. The number of rotatable bonds is 0. The zero-order valence-corrected chi connectivity index (χ0v) is 6.88. The van der Waals surface area contributed by atoms with E-state index in [0.717, 1.165) is 0 Å². The molecule has 1 fully saturated rings. The number of hydrogen-bond donors (Lipinski definition) is 0. The normalized spacial score (nSPS) is 34.3. The second kappa shape index (κ2) is 1.54. The van der Waals surface area contributed by atoms with Gasteiger partial charge in [0.05, 0.1) is 0 Å². The van der Waals surface area contributed by atoms with Gasteiger partial charge in [-0.25, -0.2) is 0 Å². The van der Waals surface area contributed by atoms with Crippen LogP contribution in [0.15, 0.2) is 0 Å². The summed E-state index contributed by atoms with van der Waals surface area (Å²) in [5.74, 6) is 3.04. The molecule has 0 aliphatic carbocycles. The van der Waals surface area contributed by atoms with Crippen LogP contribution < -0.4 is 0 Å². The maximum atomic E-state index is 2.61. The molecule has 0 aromatic rings. The molecule has 1 aliphatic rings. The van der Waals surface area contributed by atoms with E-state index in [1.165, 1.54) is 17.9 Å². The van der Waals surface area contributed by atoms with Crippen molar-refractivity contribution in [3.63, 3.8) is 0 Å². The van der Waals surface area contributed by atoms with E-state index >= 15 is 0 Å². The van der Waals surface area contributed by atoms with Gasteiger partial charge in [0.1, 0.15) is 0 Å². The quantitative estimate of drug-likeness (QED) is 0.544. The average Bonchev–Trinajstić information content (AvgIpc) is 1.32. The molecule has 0 radical (unpaired) electrons. The van der Waals surface area contributed by atoms with Crippen molar-refractivity contribution < 1.29 is 0 Å². The molecule has 1 saturated heterocycles. The highest BCUT2D eigenvalue weighted by atomic mass is 127. The van der Waals surface area contributed by atoms with Crippen LogP contribution in [-0.4, -0.2) is 17.8 Å². The molecule has 0 nitrogen and oxygen atoms in total. The van der Waals surface area contributed by atoms with Gasteiger partial charge in [-0.3, -0.25) is 0 Å². The molecule has 0 spiro atoms. The third kappa shape index (κ3) is 1.03. The minimum absolute atomic E-state index is 0.0115. The van der Waals surface area contributed by atoms with E-state index in [0.29, 0.717) is 0 Å². The van der Waals surface area contributed by atoms with Gasteiger partial charge in [-0.05, 0) is 45.4 Å². The van der Waals surface area contributed by atoms with Gasteiger partial charge in [-0.2, -0.15) is 7.20 Å². The minimum Gasteiger partial charge on any atom is -0.190 e. The standard InChI is InChI=1S/C4H9IS/c1-6(5)3-2-4-6/h2-4H2,1H3. The molecule has 0 aromatic heterocycles. The van der Waals surface area contributed by atoms with E-state index in [-0.39, 0.29) is 7.20 Å². The fourth-order valence-corrected chi connectivity index (χ4v) is 3.49. The Kier molecular flexibility index (Phi) is 1.34. The smallest absolute Gasteiger partial charge is 0.0139 e. The largest absolute Gasteiger partial charge is 0.190 e. The molecule has 0 unspecified atom stereocenters. The highest BCUT2D eigenvalue weighted by Crippen LogP contribution is 2.60. The summed E-state index contributed by atoms with van der Waals surface area (Å²) in [5, 5.41) is 0. The summed E-state index contributed by atoms with van der Waals surface area (Å²) in [5.41, 5.74) is 0. The first kappa shape index (κ1) is 5.22. The molecule has 2 heteroatoms. The summed E-state index contributed by atoms with van der Waals surface area (Å²) in [6.07, 6.45) is 3.89. The molecule has 1 aliphatic heterocycles. The zero-order valence-electron chi connectivity index (χ0n) is 3.91. The lowest BCUT2D eigenvalue weighted by Crippen LogP contribution is -2.12. The Morgan fingerprint density at radius 2 is 1.83 bits per heavy atom. The number of halogens is 1. The fourth-order valence-electron chi connectivity index (χ4n) is 0.542. The first-order chi connectivity index (χ1) is 2.71. The van der Waals surface area contributed by atoms with Crippen LogP contribution in [0.1, 0.15) is 6.42 Å². The Balaban J connectivity index is 2.31. The Labute approximate surface area is 52.6 Å². The molecule has 0 N–H and O–H groups in total. The van der Waals surface area contributed by atoms with Crippen LogP contribution in [-0.2, 0) is 0 Å². The van der Waals surface area contributed by atoms with Crippen LogP contribution in [0.2, 0.25) is 0 Å². The van der Waals surface area contributed by atoms with Crippen LogP contribution in [0, 0.1) is 0 Å². The van der Waals surface area contributed by atoms with Crippen LogP contribution >= 0.6 is 28.4 Å². The molecule has 1 heterocycles. The molecule has 0 atom stereocenters. The van der Waals surface area contributed by atoms with Crippen LogP contribution in [0.25, 0.3) is 0 Å². The maximum absolute atomic E-state index is 2.61. The molecule has 0 amide bonds. The van der Waals surface area contributed by atoms with Gasteiger partial charge in [-0.1, -0.05) is 0 Å². The van der Waals surface area contributed by atoms with E-state index in [4.69, 9.17) is 0 Å². The minimum atomic E-state index is -0.0115. The molecule has 1 rings (SSSR count). The van der Waals surface area contributed by atoms with Crippen molar-refractivity contribution in [1.82, 2.24) is 0 Å². The topological polar surface area (TPSA) is 0 Å². The van der Waals surface area contributed by atoms with Crippen molar-refractivity contribution in [2.75, 3.05) is 17.8 Å². The first-order valence-electron chi connectivity index (χ1n) is 2.14. The molecule has 6 heavy (non-hydrogen) atoms. The Morgan fingerprint density at radius 3 is 1.83 bits per heavy atom. The molecular formula is C4H9IS. The third-order valence-corrected chi connectivity index (χ3v) is 6.06. The first-order valence-corrected chi connectivity index (χ1v) is 7.06. The van der Waals surface area contributed by atoms with Crippen molar-refractivity contribution in [1.29, 1.82) is 0 Å². The summed E-state index contributed by atoms with van der Waals surface area (Å²) in [7, 11) is -0.0115. The van der Waals surface area contributed by atoms with Crippen molar-refractivity contribution in [3.05, 3.63) is 0 Å². The maximum Gasteiger partial charge on any atom is -0.0139 e. The predicted octanol–water partition coefficient (Wildman–Crippen LogP) is 2.17. The fraction of sp³-hybridized carbons (Fsp3) is 1.00. The van der Waals surface area contributed by atoms with Crippen LogP contribution in [0.5, 0.6) is 0 Å². The van der Waals surface area contributed by atoms with Gasteiger partial charge < -0.3 is 0 Å². The number of hydrogen-bond acceptors (Lipinski definition) is 0.